The van der Waals surface area contributed by atoms with Crippen molar-refractivity contribution in [3.8, 4) is 0 Å². The SMILES string of the molecule is CCCCC(CCCC)=NI. The summed E-state index contributed by atoms with van der Waals surface area (Å²) in [6.07, 6.45) is 7.57. The summed E-state index contributed by atoms with van der Waals surface area (Å²) in [4.78, 5) is 0. The Labute approximate surface area is 84.2 Å². The molecule has 0 heterocycles. The highest BCUT2D eigenvalue weighted by Gasteiger charge is 1.96. The minimum absolute atomic E-state index is 1.21. The molecule has 0 aliphatic rings. The van der Waals surface area contributed by atoms with Crippen LogP contribution in [-0.2, 0) is 0 Å². The third-order valence-corrected chi connectivity index (χ3v) is 2.44. The highest BCUT2D eigenvalue weighted by Crippen LogP contribution is 2.07. The van der Waals surface area contributed by atoms with E-state index in [9.17, 15) is 0 Å². The van der Waals surface area contributed by atoms with Gasteiger partial charge in [-0.15, -0.1) is 0 Å². The van der Waals surface area contributed by atoms with Crippen molar-refractivity contribution in [3.63, 3.8) is 0 Å². The fraction of sp³-hybridized carbons (Fsp3) is 0.889. The zero-order chi connectivity index (χ0) is 8.53. The first-order chi connectivity index (χ1) is 5.35. The molecule has 0 aromatic heterocycles. The molecule has 0 aliphatic heterocycles. The largest absolute Gasteiger partial charge is 0.224 e. The van der Waals surface area contributed by atoms with E-state index in [2.05, 4.69) is 39.9 Å². The van der Waals surface area contributed by atoms with Crippen LogP contribution in [0.15, 0.2) is 3.21 Å². The van der Waals surface area contributed by atoms with Gasteiger partial charge in [-0.2, -0.15) is 0 Å². The van der Waals surface area contributed by atoms with Crippen LogP contribution in [0.5, 0.6) is 0 Å². The molecule has 0 atom stereocenters. The molecule has 0 radical (unpaired) electrons. The van der Waals surface area contributed by atoms with Crippen LogP contribution in [0.25, 0.3) is 0 Å². The molecule has 0 rings (SSSR count). The Morgan fingerprint density at radius 3 is 1.82 bits per heavy atom. The normalized spacial score (nSPS) is 9.73. The van der Waals surface area contributed by atoms with Gasteiger partial charge in [0.2, 0.25) is 0 Å². The monoisotopic (exact) mass is 267 g/mol. The lowest BCUT2D eigenvalue weighted by Gasteiger charge is -2.01. The van der Waals surface area contributed by atoms with Crippen LogP contribution in [0.4, 0.5) is 0 Å². The maximum absolute atomic E-state index is 4.25. The lowest BCUT2D eigenvalue weighted by Crippen LogP contribution is -1.96. The third-order valence-electron chi connectivity index (χ3n) is 1.76. The molecule has 0 aromatic carbocycles. The average Bonchev–Trinajstić information content (AvgIpc) is 2.05. The maximum Gasteiger partial charge on any atom is 0.0830 e. The zero-order valence-electron chi connectivity index (χ0n) is 7.57. The van der Waals surface area contributed by atoms with Gasteiger partial charge in [-0.3, -0.25) is 0 Å². The van der Waals surface area contributed by atoms with Gasteiger partial charge in [-0.05, 0) is 25.7 Å². The lowest BCUT2D eigenvalue weighted by atomic mass is 10.1. The molecular weight excluding hydrogens is 249 g/mol. The minimum Gasteiger partial charge on any atom is -0.224 e. The summed E-state index contributed by atoms with van der Waals surface area (Å²) < 4.78 is 4.25. The van der Waals surface area contributed by atoms with Gasteiger partial charge in [-0.25, -0.2) is 3.21 Å². The quantitative estimate of drug-likeness (QED) is 0.506. The Balaban J connectivity index is 3.43. The third kappa shape index (κ3) is 6.78. The van der Waals surface area contributed by atoms with Gasteiger partial charge in [-0.1, -0.05) is 26.7 Å². The molecule has 66 valence electrons. The number of hydrogen-bond acceptors (Lipinski definition) is 1. The first-order valence-electron chi connectivity index (χ1n) is 4.51. The second-order valence-electron chi connectivity index (χ2n) is 2.86. The number of unbranched alkanes of at least 4 members (excludes halogenated alkanes) is 2. The summed E-state index contributed by atoms with van der Waals surface area (Å²) in [6.45, 7) is 4.45. The van der Waals surface area contributed by atoms with E-state index in [1.807, 2.05) is 0 Å². The van der Waals surface area contributed by atoms with Crippen molar-refractivity contribution < 1.29 is 0 Å². The predicted octanol–water partition coefficient (Wildman–Crippen LogP) is 4.16. The Bertz CT molecular complexity index is 100. The van der Waals surface area contributed by atoms with Crippen LogP contribution in [0.3, 0.4) is 0 Å². The van der Waals surface area contributed by atoms with Gasteiger partial charge >= 0.3 is 0 Å². The topological polar surface area (TPSA) is 12.4 Å². The maximum atomic E-state index is 4.25. The van der Waals surface area contributed by atoms with E-state index in [0.29, 0.717) is 0 Å². The fourth-order valence-electron chi connectivity index (χ4n) is 0.971. The van der Waals surface area contributed by atoms with Crippen molar-refractivity contribution in [1.82, 2.24) is 0 Å². The van der Waals surface area contributed by atoms with Crippen LogP contribution in [-0.4, -0.2) is 5.71 Å². The minimum atomic E-state index is 1.21. The van der Waals surface area contributed by atoms with Gasteiger partial charge in [0.1, 0.15) is 0 Å². The highest BCUT2D eigenvalue weighted by atomic mass is 127. The van der Waals surface area contributed by atoms with Crippen LogP contribution in [0.2, 0.25) is 0 Å². The summed E-state index contributed by atoms with van der Waals surface area (Å²) in [6, 6.07) is 0. The number of rotatable bonds is 6. The first-order valence-corrected chi connectivity index (χ1v) is 5.48. The van der Waals surface area contributed by atoms with Crippen LogP contribution in [0, 0.1) is 0 Å². The van der Waals surface area contributed by atoms with E-state index in [0.717, 1.165) is 0 Å². The summed E-state index contributed by atoms with van der Waals surface area (Å²) in [5.74, 6) is 0. The highest BCUT2D eigenvalue weighted by molar-refractivity contribution is 14.1. The summed E-state index contributed by atoms with van der Waals surface area (Å²) in [5, 5.41) is 0. The van der Waals surface area contributed by atoms with E-state index in [-0.39, 0.29) is 0 Å². The molecule has 0 bridgehead atoms. The van der Waals surface area contributed by atoms with E-state index < -0.39 is 0 Å². The molecule has 0 aromatic rings. The fourth-order valence-corrected chi connectivity index (χ4v) is 1.45. The average molecular weight is 267 g/mol. The van der Waals surface area contributed by atoms with Crippen LogP contribution in [0.1, 0.15) is 52.4 Å². The first kappa shape index (κ1) is 11.4. The standard InChI is InChI=1S/C9H18IN/c1-3-5-7-9(11-10)8-6-4-2/h3-8H2,1-2H3. The van der Waals surface area contributed by atoms with Gasteiger partial charge in [0.05, 0.1) is 22.9 Å². The number of nitrogens with zero attached hydrogens (tertiary/aromatic N) is 1. The smallest absolute Gasteiger partial charge is 0.0830 e. The predicted molar refractivity (Wildman–Crippen MR) is 60.5 cm³/mol. The molecule has 0 fully saturated rings. The van der Waals surface area contributed by atoms with Crippen molar-refractivity contribution in [2.24, 2.45) is 3.21 Å². The molecule has 0 saturated heterocycles. The molecule has 0 saturated carbocycles. The lowest BCUT2D eigenvalue weighted by molar-refractivity contribution is 0.789. The van der Waals surface area contributed by atoms with Crippen molar-refractivity contribution in [2.45, 2.75) is 52.4 Å². The van der Waals surface area contributed by atoms with Crippen molar-refractivity contribution in [3.05, 3.63) is 0 Å². The molecule has 0 aliphatic carbocycles. The zero-order valence-corrected chi connectivity index (χ0v) is 9.73. The van der Waals surface area contributed by atoms with Gasteiger partial charge in [0, 0.05) is 5.71 Å². The van der Waals surface area contributed by atoms with Gasteiger partial charge in [0.15, 0.2) is 0 Å². The molecule has 0 spiro atoms. The second-order valence-corrected chi connectivity index (χ2v) is 3.34. The molecule has 1 nitrogen and oxygen atoms in total. The molecule has 0 unspecified atom stereocenters. The van der Waals surface area contributed by atoms with Crippen molar-refractivity contribution in [2.75, 3.05) is 0 Å². The summed E-state index contributed by atoms with van der Waals surface area (Å²) in [5.41, 5.74) is 1.40. The molecule has 11 heavy (non-hydrogen) atoms. The Hall–Kier alpha value is 0.400. The number of hydrogen-bond donors (Lipinski definition) is 0. The Kier molecular flexibility index (Phi) is 8.81. The number of halogens is 1. The molecule has 2 heteroatoms. The second kappa shape index (κ2) is 8.50. The van der Waals surface area contributed by atoms with E-state index in [1.165, 1.54) is 44.2 Å². The van der Waals surface area contributed by atoms with Crippen LogP contribution < -0.4 is 0 Å². The van der Waals surface area contributed by atoms with Crippen molar-refractivity contribution in [1.29, 1.82) is 0 Å². The van der Waals surface area contributed by atoms with E-state index >= 15 is 0 Å². The van der Waals surface area contributed by atoms with Gasteiger partial charge < -0.3 is 0 Å². The molecule has 0 amide bonds. The summed E-state index contributed by atoms with van der Waals surface area (Å²) >= 11 is 2.12. The van der Waals surface area contributed by atoms with E-state index in [1.54, 1.807) is 0 Å². The Morgan fingerprint density at radius 1 is 1.09 bits per heavy atom. The van der Waals surface area contributed by atoms with E-state index in [4.69, 9.17) is 0 Å². The van der Waals surface area contributed by atoms with Crippen LogP contribution >= 0.6 is 22.9 Å². The van der Waals surface area contributed by atoms with Crippen molar-refractivity contribution >= 4 is 28.6 Å². The molecule has 0 N–H and O–H groups in total. The summed E-state index contributed by atoms with van der Waals surface area (Å²) in [7, 11) is 0. The Morgan fingerprint density at radius 2 is 1.55 bits per heavy atom. The molecular formula is C9H18IN. The van der Waals surface area contributed by atoms with Gasteiger partial charge in [0.25, 0.3) is 0 Å².